The molecule has 2 aliphatic heterocycles. The maximum atomic E-state index is 5.17. The Morgan fingerprint density at radius 1 is 0.511 bits per heavy atom. The quantitative estimate of drug-likeness (QED) is 0.0511. The maximum Gasteiger partial charge on any atom is 0.252 e. The molecule has 0 atom stereocenters. The van der Waals surface area contributed by atoms with Gasteiger partial charge in [0.25, 0.3) is 6.71 Å². The van der Waals surface area contributed by atoms with Gasteiger partial charge in [0.1, 0.15) is 0 Å². The number of nitrogens with zero attached hydrogens (tertiary/aromatic N) is 3. The number of fused-ring (bicyclic) bond motifs is 7. The molecule has 11 aromatic rings. The molecule has 0 aliphatic carbocycles. The van der Waals surface area contributed by atoms with Crippen molar-refractivity contribution >= 4 is 78.9 Å². The fourth-order valence-electron chi connectivity index (χ4n) is 13.7. The number of hydrogen-bond donors (Lipinski definition) is 0. The number of aromatic nitrogens is 1. The lowest BCUT2D eigenvalue weighted by molar-refractivity contribution is 0.544. The number of anilines is 5. The number of hydrogen-bond acceptors (Lipinski definition) is 2. The van der Waals surface area contributed by atoms with E-state index in [2.05, 4.69) is 318 Å². The van der Waals surface area contributed by atoms with Crippen LogP contribution in [0.1, 0.15) is 90.8 Å². The number of allylic oxidation sites excluding steroid dienone is 7. The van der Waals surface area contributed by atoms with Crippen molar-refractivity contribution in [2.45, 2.75) is 86.0 Å². The SMILES string of the molecule is C=C/C=C\C(=C)C(=C)/C(=C(\C=C\C(C)(C)C)c1ccccc1)N1c2cc(-n3c4ccccc4c4ccccc43)ccc2B2c3cc(-c4ccccc4)ccc3N(c3c(-c4ccccc4)cc(C(C)(C)C)cc3-c3ccccc3)c3cc(CCCCCC)cc1c32. The first-order valence-electron chi connectivity index (χ1n) is 32.3. The summed E-state index contributed by atoms with van der Waals surface area (Å²) in [6.07, 6.45) is 16.0. The second-order valence-electron chi connectivity index (χ2n) is 26.5. The lowest BCUT2D eigenvalue weighted by atomic mass is 9.33. The van der Waals surface area contributed by atoms with Crippen LogP contribution in [0.15, 0.2) is 297 Å². The highest BCUT2D eigenvalue weighted by Crippen LogP contribution is 2.53. The second-order valence-corrected chi connectivity index (χ2v) is 26.5. The molecule has 3 heterocycles. The molecular formula is C86H80BN3. The predicted molar refractivity (Wildman–Crippen MR) is 391 cm³/mol. The number of unbranched alkanes of at least 4 members (excludes halogenated alkanes) is 3. The van der Waals surface area contributed by atoms with Gasteiger partial charge in [-0.2, -0.15) is 0 Å². The topological polar surface area (TPSA) is 11.4 Å². The zero-order chi connectivity index (χ0) is 62.3. The van der Waals surface area contributed by atoms with Gasteiger partial charge in [-0.15, -0.1) is 0 Å². The summed E-state index contributed by atoms with van der Waals surface area (Å²) in [6, 6.07) is 86.5. The number of para-hydroxylation sites is 2. The van der Waals surface area contributed by atoms with Gasteiger partial charge in [0.2, 0.25) is 0 Å². The maximum absolute atomic E-state index is 5.17. The van der Waals surface area contributed by atoms with E-state index in [1.165, 1.54) is 83.8 Å². The van der Waals surface area contributed by atoms with Crippen molar-refractivity contribution in [3.63, 3.8) is 0 Å². The Balaban J connectivity index is 1.23. The van der Waals surface area contributed by atoms with Crippen molar-refractivity contribution < 1.29 is 0 Å². The lowest BCUT2D eigenvalue weighted by Gasteiger charge is -2.46. The molecule has 3 nitrogen and oxygen atoms in total. The summed E-state index contributed by atoms with van der Waals surface area (Å²) in [5.74, 6) is 0. The first kappa shape index (κ1) is 59.1. The van der Waals surface area contributed by atoms with Crippen molar-refractivity contribution in [3.05, 3.63) is 314 Å². The van der Waals surface area contributed by atoms with E-state index in [4.69, 9.17) is 13.2 Å². The van der Waals surface area contributed by atoms with Crippen LogP contribution in [0, 0.1) is 5.41 Å². The van der Waals surface area contributed by atoms with E-state index in [9.17, 15) is 0 Å². The summed E-state index contributed by atoms with van der Waals surface area (Å²) in [6.45, 7) is 30.1. The first-order valence-corrected chi connectivity index (χ1v) is 32.3. The molecule has 0 radical (unpaired) electrons. The third-order valence-corrected chi connectivity index (χ3v) is 18.2. The number of aryl methyl sites for hydroxylation is 1. The molecule has 0 bridgehead atoms. The van der Waals surface area contributed by atoms with Gasteiger partial charge in [-0.3, -0.25) is 0 Å². The molecule has 442 valence electrons. The van der Waals surface area contributed by atoms with Crippen LogP contribution in [-0.2, 0) is 11.8 Å². The minimum absolute atomic E-state index is 0.158. The normalized spacial score (nSPS) is 13.2. The van der Waals surface area contributed by atoms with E-state index in [0.29, 0.717) is 0 Å². The highest BCUT2D eigenvalue weighted by atomic mass is 15.2. The Labute approximate surface area is 534 Å². The predicted octanol–water partition coefficient (Wildman–Crippen LogP) is 21.8. The molecular weight excluding hydrogens is 1090 g/mol. The Hall–Kier alpha value is -9.90. The van der Waals surface area contributed by atoms with Crippen molar-refractivity contribution in [2.24, 2.45) is 5.41 Å². The van der Waals surface area contributed by atoms with Crippen LogP contribution in [0.4, 0.5) is 28.4 Å². The minimum Gasteiger partial charge on any atom is -0.310 e. The molecule has 0 unspecified atom stereocenters. The third kappa shape index (κ3) is 11.1. The van der Waals surface area contributed by atoms with E-state index in [-0.39, 0.29) is 17.5 Å². The average molecular weight is 1170 g/mol. The zero-order valence-corrected chi connectivity index (χ0v) is 53.4. The molecule has 0 amide bonds. The smallest absolute Gasteiger partial charge is 0.252 e. The van der Waals surface area contributed by atoms with Crippen molar-refractivity contribution in [2.75, 3.05) is 9.80 Å². The van der Waals surface area contributed by atoms with Gasteiger partial charge in [0, 0.05) is 55.9 Å². The molecule has 90 heavy (non-hydrogen) atoms. The van der Waals surface area contributed by atoms with Crippen LogP contribution in [-0.4, -0.2) is 11.3 Å². The monoisotopic (exact) mass is 1170 g/mol. The molecule has 0 spiro atoms. The van der Waals surface area contributed by atoms with Crippen molar-refractivity contribution in [1.82, 2.24) is 4.57 Å². The Kier molecular flexibility index (Phi) is 16.1. The summed E-state index contributed by atoms with van der Waals surface area (Å²) in [4.78, 5) is 5.30. The van der Waals surface area contributed by atoms with E-state index < -0.39 is 0 Å². The molecule has 1 aromatic heterocycles. The Bertz CT molecular complexity index is 4530. The summed E-state index contributed by atoms with van der Waals surface area (Å²) in [7, 11) is 0. The van der Waals surface area contributed by atoms with Crippen LogP contribution < -0.4 is 26.2 Å². The highest BCUT2D eigenvalue weighted by molar-refractivity contribution is 7.00. The standard InChI is InChI=1S/C86H80BN3/c1-11-13-15-20-34-61-53-80-82-81(54-61)90(83(60(4)59(3)33-14-12-2)69(51-52-85(5,6)7)63-37-23-17-24-38-63)79-58-68(88-76-45-31-29-43-70(76)71-44-30-32-46-77(71)88)48-49-74(79)87(82)75-55-66(62-35-21-16-22-36-62)47-50-78(75)89(80)84-72(64-39-25-18-26-40-64)56-67(86(8,9)10)57-73(84)65-41-27-19-28-42-65/h12,14,16-19,21-33,35-58H,2-4,11,13,15,20,34H2,1,5-10H3/b33-14-,52-51+,83-69-. The summed E-state index contributed by atoms with van der Waals surface area (Å²) >= 11 is 0. The molecule has 0 fully saturated rings. The molecule has 10 aromatic carbocycles. The molecule has 0 saturated carbocycles. The fourth-order valence-corrected chi connectivity index (χ4v) is 13.7. The van der Waals surface area contributed by atoms with Gasteiger partial charge >= 0.3 is 0 Å². The molecule has 2 aliphatic rings. The van der Waals surface area contributed by atoms with E-state index in [1.54, 1.807) is 0 Å². The largest absolute Gasteiger partial charge is 0.310 e. The molecule has 13 rings (SSSR count). The van der Waals surface area contributed by atoms with Gasteiger partial charge in [-0.25, -0.2) is 0 Å². The van der Waals surface area contributed by atoms with Gasteiger partial charge in [0.05, 0.1) is 22.4 Å². The second kappa shape index (κ2) is 24.6. The van der Waals surface area contributed by atoms with Gasteiger partial charge in [-0.05, 0) is 145 Å². The Morgan fingerprint density at radius 3 is 1.68 bits per heavy atom. The van der Waals surface area contributed by atoms with Crippen LogP contribution in [0.3, 0.4) is 0 Å². The van der Waals surface area contributed by atoms with Gasteiger partial charge < -0.3 is 14.4 Å². The molecule has 0 saturated heterocycles. The van der Waals surface area contributed by atoms with Gasteiger partial charge in [0.15, 0.2) is 0 Å². The van der Waals surface area contributed by atoms with Crippen LogP contribution in [0.5, 0.6) is 0 Å². The van der Waals surface area contributed by atoms with Crippen LogP contribution in [0.2, 0.25) is 0 Å². The van der Waals surface area contributed by atoms with Crippen LogP contribution >= 0.6 is 0 Å². The van der Waals surface area contributed by atoms with E-state index in [0.717, 1.165) is 93.1 Å². The summed E-state index contributed by atoms with van der Waals surface area (Å²) in [5, 5.41) is 2.44. The van der Waals surface area contributed by atoms with Crippen molar-refractivity contribution in [3.8, 4) is 39.1 Å². The third-order valence-electron chi connectivity index (χ3n) is 18.2. The molecule has 4 heteroatoms. The first-order chi connectivity index (χ1) is 43.7. The minimum atomic E-state index is -0.213. The average Bonchev–Trinajstić information content (AvgIpc) is 0.767. The van der Waals surface area contributed by atoms with E-state index in [1.807, 2.05) is 12.2 Å². The number of rotatable bonds is 17. The van der Waals surface area contributed by atoms with Crippen molar-refractivity contribution in [1.29, 1.82) is 0 Å². The van der Waals surface area contributed by atoms with Crippen LogP contribution in [0.25, 0.3) is 66.4 Å². The molecule has 0 N–H and O–H groups in total. The zero-order valence-electron chi connectivity index (χ0n) is 53.4. The Morgan fingerprint density at radius 2 is 1.09 bits per heavy atom. The summed E-state index contributed by atoms with van der Waals surface area (Å²) < 4.78 is 2.47. The summed E-state index contributed by atoms with van der Waals surface area (Å²) in [5.41, 5.74) is 26.8. The fraction of sp³-hybridized carbons (Fsp3) is 0.163. The van der Waals surface area contributed by atoms with E-state index >= 15 is 0 Å². The number of benzene rings is 10. The lowest BCUT2D eigenvalue weighted by Crippen LogP contribution is -2.62. The highest BCUT2D eigenvalue weighted by Gasteiger charge is 2.46. The van der Waals surface area contributed by atoms with Gasteiger partial charge in [-0.1, -0.05) is 294 Å².